The van der Waals surface area contributed by atoms with Crippen LogP contribution in [0.2, 0.25) is 0 Å². The molecule has 3 saturated heterocycles. The van der Waals surface area contributed by atoms with E-state index in [1.54, 1.807) is 14.2 Å². The quantitative estimate of drug-likeness (QED) is 0.881. The van der Waals surface area contributed by atoms with E-state index < -0.39 is 0 Å². The molecule has 3 fully saturated rings. The lowest BCUT2D eigenvalue weighted by Gasteiger charge is -2.50. The van der Waals surface area contributed by atoms with Crippen LogP contribution in [0.25, 0.3) is 10.9 Å². The summed E-state index contributed by atoms with van der Waals surface area (Å²) in [6.45, 7) is 1.98. The van der Waals surface area contributed by atoms with Crippen LogP contribution in [0.15, 0.2) is 24.3 Å². The highest BCUT2D eigenvalue weighted by atomic mass is 16.8. The van der Waals surface area contributed by atoms with Crippen LogP contribution in [-0.2, 0) is 31.1 Å². The molecule has 0 amide bonds. The van der Waals surface area contributed by atoms with Gasteiger partial charge in [0.05, 0.1) is 11.8 Å². The van der Waals surface area contributed by atoms with Crippen LogP contribution in [0.4, 0.5) is 0 Å². The summed E-state index contributed by atoms with van der Waals surface area (Å²) in [5.41, 5.74) is 3.57. The van der Waals surface area contributed by atoms with Gasteiger partial charge in [-0.15, -0.1) is 0 Å². The molecule has 1 aromatic heterocycles. The number of para-hydroxylation sites is 1. The molecule has 2 aromatic rings. The Hall–Kier alpha value is -1.44. The van der Waals surface area contributed by atoms with Crippen molar-refractivity contribution in [3.05, 3.63) is 35.5 Å². The molecule has 0 aliphatic carbocycles. The molecule has 4 aliphatic heterocycles. The molecule has 6 rings (SSSR count). The van der Waals surface area contributed by atoms with Gasteiger partial charge in [-0.25, -0.2) is 0 Å². The first-order valence-electron chi connectivity index (χ1n) is 9.97. The highest BCUT2D eigenvalue weighted by Crippen LogP contribution is 2.56. The maximum atomic E-state index is 6.81. The van der Waals surface area contributed by atoms with Crippen LogP contribution in [0.3, 0.4) is 0 Å². The van der Waals surface area contributed by atoms with Crippen LogP contribution in [0.5, 0.6) is 0 Å². The Balaban J connectivity index is 1.45. The fourth-order valence-corrected chi connectivity index (χ4v) is 6.08. The van der Waals surface area contributed by atoms with Gasteiger partial charge in [0, 0.05) is 50.6 Å². The van der Waals surface area contributed by atoms with Crippen molar-refractivity contribution in [3.63, 3.8) is 0 Å². The van der Waals surface area contributed by atoms with Gasteiger partial charge in [-0.05, 0) is 30.4 Å². The van der Waals surface area contributed by atoms with E-state index in [2.05, 4.69) is 34.1 Å². The first-order chi connectivity index (χ1) is 13.2. The highest BCUT2D eigenvalue weighted by molar-refractivity contribution is 5.85. The molecule has 1 spiro atoms. The first kappa shape index (κ1) is 16.5. The third kappa shape index (κ3) is 2.13. The summed E-state index contributed by atoms with van der Waals surface area (Å²) in [4.78, 5) is 6.26. The third-order valence-electron chi connectivity index (χ3n) is 7.20. The predicted molar refractivity (Wildman–Crippen MR) is 99.0 cm³/mol. The van der Waals surface area contributed by atoms with E-state index in [9.17, 15) is 0 Å². The average molecular weight is 370 g/mol. The largest absolute Gasteiger partial charge is 0.356 e. The number of fused-ring (bicyclic) bond motifs is 6. The van der Waals surface area contributed by atoms with Crippen molar-refractivity contribution in [2.75, 3.05) is 27.3 Å². The van der Waals surface area contributed by atoms with Crippen molar-refractivity contribution in [1.82, 2.24) is 9.88 Å². The Kier molecular flexibility index (Phi) is 3.53. The monoisotopic (exact) mass is 370 g/mol. The Labute approximate surface area is 158 Å². The van der Waals surface area contributed by atoms with Crippen LogP contribution in [0.1, 0.15) is 24.1 Å². The van der Waals surface area contributed by atoms with Crippen molar-refractivity contribution in [2.45, 2.75) is 43.7 Å². The standard InChI is InChI=1S/C21H26N2O4/c1-24-17-9-12-10-21-19-14(13-5-3-4-6-15(13)22-19)7-8-23(21)11-16(27-21)18(12)20(25-2)26-17/h3-6,12,16-18,20,22H,7-11H2,1-2H3/t12-,16+,17+,18-,20-,21-/m0/s1. The van der Waals surface area contributed by atoms with Gasteiger partial charge in [-0.3, -0.25) is 4.90 Å². The summed E-state index contributed by atoms with van der Waals surface area (Å²) in [6, 6.07) is 8.62. The molecule has 144 valence electrons. The lowest BCUT2D eigenvalue weighted by molar-refractivity contribution is -0.322. The molecule has 1 aromatic carbocycles. The van der Waals surface area contributed by atoms with Gasteiger partial charge in [-0.1, -0.05) is 18.2 Å². The second-order valence-corrected chi connectivity index (χ2v) is 8.34. The summed E-state index contributed by atoms with van der Waals surface area (Å²) in [7, 11) is 3.44. The molecule has 4 aliphatic rings. The normalized spacial score (nSPS) is 40.6. The van der Waals surface area contributed by atoms with Crippen molar-refractivity contribution in [1.29, 1.82) is 0 Å². The van der Waals surface area contributed by atoms with Gasteiger partial charge in [0.25, 0.3) is 0 Å². The Bertz CT molecular complexity index is 882. The first-order valence-corrected chi connectivity index (χ1v) is 9.97. The zero-order chi connectivity index (χ0) is 18.2. The van der Waals surface area contributed by atoms with E-state index in [-0.39, 0.29) is 30.3 Å². The maximum Gasteiger partial charge on any atom is 0.165 e. The minimum Gasteiger partial charge on any atom is -0.356 e. The molecule has 27 heavy (non-hydrogen) atoms. The van der Waals surface area contributed by atoms with E-state index in [0.29, 0.717) is 5.92 Å². The molecule has 0 radical (unpaired) electrons. The number of aromatic nitrogens is 1. The second kappa shape index (κ2) is 5.78. The molecular weight excluding hydrogens is 344 g/mol. The minimum atomic E-state index is -0.341. The van der Waals surface area contributed by atoms with Crippen molar-refractivity contribution in [2.24, 2.45) is 11.8 Å². The van der Waals surface area contributed by atoms with Gasteiger partial charge in [0.1, 0.15) is 0 Å². The number of nitrogens with one attached hydrogen (secondary N) is 1. The topological polar surface area (TPSA) is 56.0 Å². The van der Waals surface area contributed by atoms with E-state index >= 15 is 0 Å². The number of aromatic amines is 1. The summed E-state index contributed by atoms with van der Waals surface area (Å²) in [5.74, 6) is 0.709. The molecule has 6 atom stereocenters. The van der Waals surface area contributed by atoms with Crippen molar-refractivity contribution < 1.29 is 18.9 Å². The SMILES string of the molecule is CO[C@H]1C[C@H]2C[C@@]34O[C@H](CN3CCc3c4[nH]c4ccccc34)[C@H]2[C@@H](OC)O1. The number of H-pyrrole nitrogens is 1. The fraction of sp³-hybridized carbons (Fsp3) is 0.619. The van der Waals surface area contributed by atoms with Crippen LogP contribution >= 0.6 is 0 Å². The van der Waals surface area contributed by atoms with Gasteiger partial charge in [0.15, 0.2) is 18.3 Å². The molecule has 6 nitrogen and oxygen atoms in total. The molecule has 2 bridgehead atoms. The average Bonchev–Trinajstić information content (AvgIpc) is 3.22. The van der Waals surface area contributed by atoms with Crippen LogP contribution in [-0.4, -0.2) is 55.9 Å². The summed E-state index contributed by atoms with van der Waals surface area (Å²) >= 11 is 0. The molecule has 0 unspecified atom stereocenters. The Morgan fingerprint density at radius 3 is 2.96 bits per heavy atom. The van der Waals surface area contributed by atoms with E-state index in [1.807, 2.05) is 0 Å². The van der Waals surface area contributed by atoms with Crippen molar-refractivity contribution >= 4 is 10.9 Å². The predicted octanol–water partition coefficient (Wildman–Crippen LogP) is 2.58. The van der Waals surface area contributed by atoms with Crippen LogP contribution < -0.4 is 0 Å². The van der Waals surface area contributed by atoms with E-state index in [1.165, 1.54) is 22.2 Å². The van der Waals surface area contributed by atoms with E-state index in [0.717, 1.165) is 32.4 Å². The molecule has 0 saturated carbocycles. The summed E-state index contributed by atoms with van der Waals surface area (Å²) in [6.07, 6.45) is 2.58. The third-order valence-corrected chi connectivity index (χ3v) is 7.20. The highest BCUT2D eigenvalue weighted by Gasteiger charge is 2.62. The second-order valence-electron chi connectivity index (χ2n) is 8.34. The smallest absolute Gasteiger partial charge is 0.165 e. The fourth-order valence-electron chi connectivity index (χ4n) is 6.08. The van der Waals surface area contributed by atoms with Crippen molar-refractivity contribution in [3.8, 4) is 0 Å². The maximum absolute atomic E-state index is 6.81. The number of hydrogen-bond donors (Lipinski definition) is 1. The molecular formula is C21H26N2O4. The minimum absolute atomic E-state index is 0.129. The Morgan fingerprint density at radius 2 is 2.11 bits per heavy atom. The van der Waals surface area contributed by atoms with Gasteiger partial charge >= 0.3 is 0 Å². The number of methoxy groups -OCH3 is 2. The lowest BCUT2D eigenvalue weighted by atomic mass is 9.75. The van der Waals surface area contributed by atoms with Gasteiger partial charge < -0.3 is 23.9 Å². The number of benzene rings is 1. The molecule has 1 N–H and O–H groups in total. The number of ether oxygens (including phenoxy) is 4. The summed E-state index contributed by atoms with van der Waals surface area (Å²) < 4.78 is 24.1. The number of nitrogens with zero attached hydrogens (tertiary/aromatic N) is 1. The van der Waals surface area contributed by atoms with Gasteiger partial charge in [-0.2, -0.15) is 0 Å². The lowest BCUT2D eigenvalue weighted by Crippen LogP contribution is -2.55. The molecule has 6 heteroatoms. The zero-order valence-corrected chi connectivity index (χ0v) is 15.8. The van der Waals surface area contributed by atoms with Crippen LogP contribution in [0, 0.1) is 11.8 Å². The Morgan fingerprint density at radius 1 is 1.22 bits per heavy atom. The van der Waals surface area contributed by atoms with Gasteiger partial charge in [0.2, 0.25) is 0 Å². The zero-order valence-electron chi connectivity index (χ0n) is 15.8. The van der Waals surface area contributed by atoms with E-state index in [4.69, 9.17) is 18.9 Å². The number of rotatable bonds is 2. The number of hydrogen-bond acceptors (Lipinski definition) is 5. The summed E-state index contributed by atoms with van der Waals surface area (Å²) in [5, 5.41) is 1.34. The molecule has 5 heterocycles.